The molecule has 1 amide bonds. The molecule has 0 aromatic heterocycles. The van der Waals surface area contributed by atoms with E-state index in [-0.39, 0.29) is 0 Å². The molecule has 0 bridgehead atoms. The first kappa shape index (κ1) is 14.3. The number of carbonyl (C=O) groups excluding carboxylic acids is 1. The van der Waals surface area contributed by atoms with Crippen LogP contribution in [0.1, 0.15) is 32.6 Å². The van der Waals surface area contributed by atoms with Crippen LogP contribution in [0.25, 0.3) is 0 Å². The van der Waals surface area contributed by atoms with Crippen LogP contribution in [-0.2, 0) is 9.53 Å². The Labute approximate surface area is 121 Å². The maximum absolute atomic E-state index is 12.7. The summed E-state index contributed by atoms with van der Waals surface area (Å²) < 4.78 is 5.86. The first-order valence-corrected chi connectivity index (χ1v) is 8.11. The number of amides is 1. The van der Waals surface area contributed by atoms with Crippen LogP contribution >= 0.6 is 0 Å². The Kier molecular flexibility index (Phi) is 4.58. The Morgan fingerprint density at radius 2 is 2.15 bits per heavy atom. The van der Waals surface area contributed by atoms with Crippen molar-refractivity contribution < 1.29 is 9.53 Å². The highest BCUT2D eigenvalue weighted by Gasteiger charge is 2.37. The highest BCUT2D eigenvalue weighted by atomic mass is 16.5. The van der Waals surface area contributed by atoms with Crippen LogP contribution in [0.5, 0.6) is 0 Å². The minimum Gasteiger partial charge on any atom is -0.374 e. The molecule has 1 N–H and O–H groups in total. The minimum atomic E-state index is 0.293. The summed E-state index contributed by atoms with van der Waals surface area (Å²) in [5.41, 5.74) is 0. The lowest BCUT2D eigenvalue weighted by molar-refractivity contribution is -0.151. The van der Waals surface area contributed by atoms with E-state index in [0.29, 0.717) is 37.2 Å². The lowest BCUT2D eigenvalue weighted by atomic mass is 9.90. The lowest BCUT2D eigenvalue weighted by Crippen LogP contribution is -2.59. The van der Waals surface area contributed by atoms with E-state index in [1.54, 1.807) is 0 Å². The van der Waals surface area contributed by atoms with E-state index >= 15 is 0 Å². The van der Waals surface area contributed by atoms with Gasteiger partial charge in [0.15, 0.2) is 0 Å². The number of hydrogen-bond donors (Lipinski definition) is 1. The number of fused-ring (bicyclic) bond motifs is 1. The Morgan fingerprint density at radius 1 is 1.30 bits per heavy atom. The van der Waals surface area contributed by atoms with Gasteiger partial charge in [-0.05, 0) is 19.8 Å². The van der Waals surface area contributed by atoms with Crippen LogP contribution in [0.4, 0.5) is 0 Å². The summed E-state index contributed by atoms with van der Waals surface area (Å²) in [5.74, 6) is 0.305. The van der Waals surface area contributed by atoms with Gasteiger partial charge in [0.25, 0.3) is 0 Å². The summed E-state index contributed by atoms with van der Waals surface area (Å²) in [5, 5.41) is 3.38. The predicted molar refractivity (Wildman–Crippen MR) is 77.6 cm³/mol. The molecule has 2 unspecified atom stereocenters. The third-order valence-electron chi connectivity index (χ3n) is 5.03. The van der Waals surface area contributed by atoms with Gasteiger partial charge in [0, 0.05) is 32.2 Å². The van der Waals surface area contributed by atoms with Crippen LogP contribution in [0.3, 0.4) is 0 Å². The van der Waals surface area contributed by atoms with E-state index in [4.69, 9.17) is 4.74 Å². The van der Waals surface area contributed by atoms with Crippen LogP contribution < -0.4 is 5.32 Å². The number of ether oxygens (including phenoxy) is 1. The van der Waals surface area contributed by atoms with Crippen molar-refractivity contribution in [3.8, 4) is 0 Å². The van der Waals surface area contributed by atoms with Crippen molar-refractivity contribution >= 4 is 5.91 Å². The van der Waals surface area contributed by atoms with Crippen LogP contribution in [-0.4, -0.2) is 73.2 Å². The fraction of sp³-hybridized carbons (Fsp3) is 0.933. The molecule has 0 aromatic rings. The van der Waals surface area contributed by atoms with E-state index < -0.39 is 0 Å². The smallest absolute Gasteiger partial charge is 0.237 e. The fourth-order valence-corrected chi connectivity index (χ4v) is 3.79. The number of morpholine rings is 1. The summed E-state index contributed by atoms with van der Waals surface area (Å²) in [6.45, 7) is 7.22. The van der Waals surface area contributed by atoms with Gasteiger partial charge in [-0.1, -0.05) is 12.8 Å². The van der Waals surface area contributed by atoms with Crippen molar-refractivity contribution in [2.45, 2.75) is 50.8 Å². The van der Waals surface area contributed by atoms with Crippen molar-refractivity contribution in [3.63, 3.8) is 0 Å². The summed E-state index contributed by atoms with van der Waals surface area (Å²) >= 11 is 0. The Bertz CT molecular complexity index is 348. The van der Waals surface area contributed by atoms with Crippen LogP contribution in [0.15, 0.2) is 0 Å². The molecule has 3 atom stereocenters. The molecule has 0 aromatic carbocycles. The van der Waals surface area contributed by atoms with Gasteiger partial charge in [-0.15, -0.1) is 0 Å². The van der Waals surface area contributed by atoms with E-state index in [1.807, 2.05) is 0 Å². The number of piperazine rings is 1. The second-order valence-electron chi connectivity index (χ2n) is 6.37. The first-order chi connectivity index (χ1) is 9.75. The van der Waals surface area contributed by atoms with E-state index in [9.17, 15) is 4.79 Å². The van der Waals surface area contributed by atoms with E-state index in [0.717, 1.165) is 39.0 Å². The van der Waals surface area contributed by atoms with Crippen molar-refractivity contribution in [1.29, 1.82) is 0 Å². The number of nitrogens with one attached hydrogen (secondary N) is 1. The Balaban J connectivity index is 1.60. The molecule has 3 fully saturated rings. The third-order valence-corrected chi connectivity index (χ3v) is 5.03. The predicted octanol–water partition coefficient (Wildman–Crippen LogP) is 0.450. The molecule has 0 radical (unpaired) electrons. The quantitative estimate of drug-likeness (QED) is 0.798. The van der Waals surface area contributed by atoms with Gasteiger partial charge in [-0.3, -0.25) is 9.69 Å². The molecule has 20 heavy (non-hydrogen) atoms. The summed E-state index contributed by atoms with van der Waals surface area (Å²) in [4.78, 5) is 17.1. The van der Waals surface area contributed by atoms with Gasteiger partial charge in [0.2, 0.25) is 5.91 Å². The average Bonchev–Trinajstić information content (AvgIpc) is 2.49. The van der Waals surface area contributed by atoms with Gasteiger partial charge < -0.3 is 15.0 Å². The molecule has 0 spiro atoms. The highest BCUT2D eigenvalue weighted by molar-refractivity contribution is 5.79. The van der Waals surface area contributed by atoms with Crippen LogP contribution in [0, 0.1) is 0 Å². The Hall–Kier alpha value is -0.650. The zero-order valence-electron chi connectivity index (χ0n) is 12.5. The fourth-order valence-electron chi connectivity index (χ4n) is 3.79. The van der Waals surface area contributed by atoms with E-state index in [2.05, 4.69) is 22.0 Å². The molecule has 3 aliphatic rings. The Morgan fingerprint density at radius 3 is 3.00 bits per heavy atom. The van der Waals surface area contributed by atoms with Crippen LogP contribution in [0.2, 0.25) is 0 Å². The van der Waals surface area contributed by atoms with Crippen molar-refractivity contribution in [3.05, 3.63) is 0 Å². The SMILES string of the molecule is C[C@H]1CNCCN1CC(=O)N1CCOC2CCCCC21. The van der Waals surface area contributed by atoms with Crippen molar-refractivity contribution in [2.75, 3.05) is 39.3 Å². The minimum absolute atomic E-state index is 0.293. The zero-order chi connectivity index (χ0) is 13.9. The monoisotopic (exact) mass is 281 g/mol. The lowest BCUT2D eigenvalue weighted by Gasteiger charge is -2.45. The molecular weight excluding hydrogens is 254 g/mol. The second kappa shape index (κ2) is 6.41. The zero-order valence-corrected chi connectivity index (χ0v) is 12.5. The largest absolute Gasteiger partial charge is 0.374 e. The van der Waals surface area contributed by atoms with Gasteiger partial charge in [-0.2, -0.15) is 0 Å². The molecule has 5 heteroatoms. The molecule has 2 heterocycles. The number of hydrogen-bond acceptors (Lipinski definition) is 4. The van der Waals surface area contributed by atoms with Crippen molar-refractivity contribution in [2.24, 2.45) is 0 Å². The number of nitrogens with zero attached hydrogens (tertiary/aromatic N) is 2. The third kappa shape index (κ3) is 3.00. The number of carbonyl (C=O) groups is 1. The normalized spacial score (nSPS) is 35.6. The molecule has 1 aliphatic carbocycles. The molecule has 2 saturated heterocycles. The summed E-state index contributed by atoms with van der Waals surface area (Å²) in [7, 11) is 0. The molecule has 2 aliphatic heterocycles. The number of rotatable bonds is 2. The van der Waals surface area contributed by atoms with Gasteiger partial charge in [0.05, 0.1) is 25.3 Å². The standard InChI is InChI=1S/C15H27N3O2/c1-12-10-16-6-7-17(12)11-15(19)18-8-9-20-14-5-3-2-4-13(14)18/h12-14,16H,2-11H2,1H3/t12-,13?,14?/m0/s1. The molecule has 5 nitrogen and oxygen atoms in total. The first-order valence-electron chi connectivity index (χ1n) is 8.11. The highest BCUT2D eigenvalue weighted by Crippen LogP contribution is 2.28. The van der Waals surface area contributed by atoms with Gasteiger partial charge >= 0.3 is 0 Å². The summed E-state index contributed by atoms with van der Waals surface area (Å²) in [6.07, 6.45) is 5.02. The molecule has 1 saturated carbocycles. The second-order valence-corrected chi connectivity index (χ2v) is 6.37. The molecular formula is C15H27N3O2. The molecule has 3 rings (SSSR count). The molecule has 114 valence electrons. The average molecular weight is 281 g/mol. The maximum atomic E-state index is 12.7. The van der Waals surface area contributed by atoms with Crippen molar-refractivity contribution in [1.82, 2.24) is 15.1 Å². The topological polar surface area (TPSA) is 44.8 Å². The van der Waals surface area contributed by atoms with Gasteiger partial charge in [0.1, 0.15) is 0 Å². The summed E-state index contributed by atoms with van der Waals surface area (Å²) in [6, 6.07) is 0.791. The van der Waals surface area contributed by atoms with Gasteiger partial charge in [-0.25, -0.2) is 0 Å². The maximum Gasteiger partial charge on any atom is 0.237 e. The van der Waals surface area contributed by atoms with E-state index in [1.165, 1.54) is 12.8 Å².